The average Bonchev–Trinajstić information content (AvgIpc) is 2.54. The number of hydrogen-bond acceptors (Lipinski definition) is 2. The highest BCUT2D eigenvalue weighted by atomic mass is 16.2. The van der Waals surface area contributed by atoms with Crippen LogP contribution in [0.25, 0.3) is 0 Å². The van der Waals surface area contributed by atoms with Gasteiger partial charge in [0.25, 0.3) is 0 Å². The minimum atomic E-state index is 0.295. The lowest BCUT2D eigenvalue weighted by atomic mass is 9.93. The fourth-order valence-electron chi connectivity index (χ4n) is 3.27. The number of nitrogens with two attached hydrogens (primary N) is 1. The van der Waals surface area contributed by atoms with Gasteiger partial charge in [-0.15, -0.1) is 0 Å². The maximum atomic E-state index is 12.5. The number of rotatable bonds is 7. The summed E-state index contributed by atoms with van der Waals surface area (Å²) in [5.41, 5.74) is 7.01. The Morgan fingerprint density at radius 1 is 1.14 bits per heavy atom. The highest BCUT2D eigenvalue weighted by molar-refractivity contribution is 5.76. The number of carbonyl (C=O) groups is 1. The van der Waals surface area contributed by atoms with Gasteiger partial charge in [-0.05, 0) is 31.2 Å². The molecule has 0 aliphatic heterocycles. The Morgan fingerprint density at radius 2 is 1.86 bits per heavy atom. The van der Waals surface area contributed by atoms with E-state index in [9.17, 15) is 4.79 Å². The summed E-state index contributed by atoms with van der Waals surface area (Å²) in [5, 5.41) is 0. The van der Waals surface area contributed by atoms with Gasteiger partial charge >= 0.3 is 0 Å². The molecule has 0 heterocycles. The lowest BCUT2D eigenvalue weighted by molar-refractivity contribution is -0.134. The van der Waals surface area contributed by atoms with Crippen molar-refractivity contribution in [2.45, 2.75) is 57.4 Å². The second kappa shape index (κ2) is 8.83. The quantitative estimate of drug-likeness (QED) is 0.838. The Bertz CT molecular complexity index is 412. The van der Waals surface area contributed by atoms with Crippen molar-refractivity contribution in [2.75, 3.05) is 13.1 Å². The SMILES string of the molecule is NCCN(C(=O)CCCc1ccccc1)C1CCCCC1. The highest BCUT2D eigenvalue weighted by Gasteiger charge is 2.24. The molecule has 3 nitrogen and oxygen atoms in total. The molecule has 2 N–H and O–H groups in total. The van der Waals surface area contributed by atoms with Crippen LogP contribution < -0.4 is 5.73 Å². The number of carbonyl (C=O) groups excluding carboxylic acids is 1. The van der Waals surface area contributed by atoms with Crippen LogP contribution in [0.1, 0.15) is 50.5 Å². The maximum absolute atomic E-state index is 12.5. The number of amides is 1. The van der Waals surface area contributed by atoms with Crippen LogP contribution in [0, 0.1) is 0 Å². The first kappa shape index (κ1) is 16.0. The first-order valence-electron chi connectivity index (χ1n) is 8.34. The minimum Gasteiger partial charge on any atom is -0.338 e. The summed E-state index contributed by atoms with van der Waals surface area (Å²) in [6.45, 7) is 1.29. The van der Waals surface area contributed by atoms with Crippen LogP contribution in [0.2, 0.25) is 0 Å². The van der Waals surface area contributed by atoms with Crippen LogP contribution in [0.4, 0.5) is 0 Å². The molecule has 2 rings (SSSR count). The molecule has 1 amide bonds. The predicted octanol–water partition coefficient (Wildman–Crippen LogP) is 3.13. The Kier molecular flexibility index (Phi) is 6.74. The molecule has 3 heteroatoms. The number of hydrogen-bond donors (Lipinski definition) is 1. The van der Waals surface area contributed by atoms with Gasteiger partial charge in [-0.3, -0.25) is 4.79 Å². The summed E-state index contributed by atoms with van der Waals surface area (Å²) in [5.74, 6) is 0.295. The Balaban J connectivity index is 1.80. The fraction of sp³-hybridized carbons (Fsp3) is 0.611. The molecule has 0 aromatic heterocycles. The van der Waals surface area contributed by atoms with Gasteiger partial charge in [-0.2, -0.15) is 0 Å². The van der Waals surface area contributed by atoms with Crippen molar-refractivity contribution in [1.82, 2.24) is 4.90 Å². The van der Waals surface area contributed by atoms with Crippen LogP contribution >= 0.6 is 0 Å². The molecule has 0 saturated heterocycles. The lowest BCUT2D eigenvalue weighted by Gasteiger charge is -2.34. The van der Waals surface area contributed by atoms with Crippen LogP contribution in [-0.2, 0) is 11.2 Å². The van der Waals surface area contributed by atoms with E-state index in [2.05, 4.69) is 29.2 Å². The van der Waals surface area contributed by atoms with Gasteiger partial charge in [-0.25, -0.2) is 0 Å². The van der Waals surface area contributed by atoms with E-state index in [1.54, 1.807) is 0 Å². The molecule has 1 aliphatic carbocycles. The van der Waals surface area contributed by atoms with Gasteiger partial charge in [0.05, 0.1) is 0 Å². The van der Waals surface area contributed by atoms with E-state index in [-0.39, 0.29) is 0 Å². The van der Waals surface area contributed by atoms with E-state index >= 15 is 0 Å². The van der Waals surface area contributed by atoms with Crippen molar-refractivity contribution in [3.8, 4) is 0 Å². The monoisotopic (exact) mass is 288 g/mol. The molecule has 1 fully saturated rings. The Morgan fingerprint density at radius 3 is 2.52 bits per heavy atom. The molecular formula is C18H28N2O. The molecule has 0 bridgehead atoms. The zero-order valence-corrected chi connectivity index (χ0v) is 13.0. The lowest BCUT2D eigenvalue weighted by Crippen LogP contribution is -2.44. The normalized spacial score (nSPS) is 15.9. The fourth-order valence-corrected chi connectivity index (χ4v) is 3.27. The standard InChI is InChI=1S/C18H28N2O/c19-14-15-20(17-11-5-2-6-12-17)18(21)13-7-10-16-8-3-1-4-9-16/h1,3-4,8-9,17H,2,5-7,10-15,19H2. The Hall–Kier alpha value is -1.35. The van der Waals surface area contributed by atoms with Gasteiger partial charge in [0, 0.05) is 25.6 Å². The van der Waals surface area contributed by atoms with E-state index in [0.717, 1.165) is 32.2 Å². The second-order valence-corrected chi connectivity index (χ2v) is 6.01. The molecule has 1 saturated carbocycles. The van der Waals surface area contributed by atoms with Crippen molar-refractivity contribution in [2.24, 2.45) is 5.73 Å². The zero-order chi connectivity index (χ0) is 14.9. The number of benzene rings is 1. The van der Waals surface area contributed by atoms with Gasteiger partial charge < -0.3 is 10.6 Å². The first-order valence-corrected chi connectivity index (χ1v) is 8.34. The summed E-state index contributed by atoms with van der Waals surface area (Å²) >= 11 is 0. The molecule has 1 aromatic carbocycles. The van der Waals surface area contributed by atoms with Crippen molar-refractivity contribution < 1.29 is 4.79 Å². The molecule has 0 spiro atoms. The molecule has 0 atom stereocenters. The molecule has 116 valence electrons. The third-order valence-electron chi connectivity index (χ3n) is 4.40. The molecule has 21 heavy (non-hydrogen) atoms. The molecule has 0 unspecified atom stereocenters. The smallest absolute Gasteiger partial charge is 0.222 e. The van der Waals surface area contributed by atoms with Crippen molar-refractivity contribution in [3.05, 3.63) is 35.9 Å². The maximum Gasteiger partial charge on any atom is 0.222 e. The van der Waals surface area contributed by atoms with Crippen molar-refractivity contribution >= 4 is 5.91 Å². The minimum absolute atomic E-state index is 0.295. The summed E-state index contributed by atoms with van der Waals surface area (Å²) in [6, 6.07) is 10.8. The second-order valence-electron chi connectivity index (χ2n) is 6.01. The van der Waals surface area contributed by atoms with Crippen LogP contribution in [-0.4, -0.2) is 29.9 Å². The Labute approximate surface area is 128 Å². The summed E-state index contributed by atoms with van der Waals surface area (Å²) in [4.78, 5) is 14.6. The third-order valence-corrected chi connectivity index (χ3v) is 4.40. The number of nitrogens with zero attached hydrogens (tertiary/aromatic N) is 1. The van der Waals surface area contributed by atoms with Gasteiger partial charge in [0.1, 0.15) is 0 Å². The highest BCUT2D eigenvalue weighted by Crippen LogP contribution is 2.23. The van der Waals surface area contributed by atoms with E-state index < -0.39 is 0 Å². The summed E-state index contributed by atoms with van der Waals surface area (Å²) in [6.07, 6.45) is 8.69. The molecule has 1 aromatic rings. The van der Waals surface area contributed by atoms with E-state index in [4.69, 9.17) is 5.73 Å². The number of aryl methyl sites for hydroxylation is 1. The van der Waals surface area contributed by atoms with Crippen LogP contribution in [0.15, 0.2) is 30.3 Å². The predicted molar refractivity (Wildman–Crippen MR) is 87.0 cm³/mol. The van der Waals surface area contributed by atoms with Crippen LogP contribution in [0.5, 0.6) is 0 Å². The molecule has 1 aliphatic rings. The van der Waals surface area contributed by atoms with Gasteiger partial charge in [-0.1, -0.05) is 49.6 Å². The zero-order valence-electron chi connectivity index (χ0n) is 13.0. The van der Waals surface area contributed by atoms with Gasteiger partial charge in [0.2, 0.25) is 5.91 Å². The first-order chi connectivity index (χ1) is 10.3. The van der Waals surface area contributed by atoms with E-state index in [1.165, 1.54) is 24.8 Å². The van der Waals surface area contributed by atoms with Crippen molar-refractivity contribution in [3.63, 3.8) is 0 Å². The van der Waals surface area contributed by atoms with Gasteiger partial charge in [0.15, 0.2) is 0 Å². The van der Waals surface area contributed by atoms with Crippen LogP contribution in [0.3, 0.4) is 0 Å². The average molecular weight is 288 g/mol. The largest absolute Gasteiger partial charge is 0.338 e. The molecular weight excluding hydrogens is 260 g/mol. The molecule has 0 radical (unpaired) electrons. The van der Waals surface area contributed by atoms with E-state index in [0.29, 0.717) is 24.9 Å². The van der Waals surface area contributed by atoms with Crippen molar-refractivity contribution in [1.29, 1.82) is 0 Å². The summed E-state index contributed by atoms with van der Waals surface area (Å²) < 4.78 is 0. The van der Waals surface area contributed by atoms with E-state index in [1.807, 2.05) is 6.07 Å². The summed E-state index contributed by atoms with van der Waals surface area (Å²) in [7, 11) is 0. The third kappa shape index (κ3) is 5.16. The topological polar surface area (TPSA) is 46.3 Å².